The van der Waals surface area contributed by atoms with E-state index in [1.807, 2.05) is 6.07 Å². The van der Waals surface area contributed by atoms with Crippen LogP contribution in [-0.2, 0) is 4.79 Å². The molecule has 1 rings (SSSR count). The molecule has 1 amide bonds. The normalized spacial score (nSPS) is 12.6. The van der Waals surface area contributed by atoms with E-state index in [9.17, 15) is 9.70 Å². The van der Waals surface area contributed by atoms with E-state index in [0.29, 0.717) is 19.4 Å². The summed E-state index contributed by atoms with van der Waals surface area (Å²) in [5, 5.41) is 21.2. The Hall–Kier alpha value is -2.24. The Morgan fingerprint density at radius 3 is 2.25 bits per heavy atom. The van der Waals surface area contributed by atoms with Gasteiger partial charge in [-0.2, -0.15) is 5.26 Å². The van der Waals surface area contributed by atoms with Gasteiger partial charge in [-0.25, -0.2) is 0 Å². The number of nitroso groups, excluding NO2 is 1. The maximum atomic E-state index is 9.84. The first-order chi connectivity index (χ1) is 9.47. The number of rotatable bonds is 4. The maximum Gasteiger partial charge on any atom is 0.209 e. The summed E-state index contributed by atoms with van der Waals surface area (Å²) in [4.78, 5) is 29.4. The molecule has 0 aliphatic carbocycles. The maximum absolute atomic E-state index is 9.84. The van der Waals surface area contributed by atoms with E-state index in [1.54, 1.807) is 12.1 Å². The van der Waals surface area contributed by atoms with Gasteiger partial charge >= 0.3 is 0 Å². The average molecular weight is 287 g/mol. The molecular formula is C11H21N5O4. The number of hydrogen-bond acceptors (Lipinski definition) is 6. The zero-order valence-corrected chi connectivity index (χ0v) is 11.9. The largest absolute Gasteiger partial charge is 0.347 e. The smallest absolute Gasteiger partial charge is 0.209 e. The molecule has 1 aliphatic heterocycles. The van der Waals surface area contributed by atoms with Crippen LogP contribution in [0.4, 0.5) is 0 Å². The Bertz CT molecular complexity index is 308. The second-order valence-corrected chi connectivity index (χ2v) is 4.03. The lowest BCUT2D eigenvalue weighted by molar-refractivity contribution is -0.445. The molecular weight excluding hydrogens is 266 g/mol. The molecule has 1 fully saturated rings. The summed E-state index contributed by atoms with van der Waals surface area (Å²) in [6, 6.07) is 1.93. The van der Waals surface area contributed by atoms with Crippen molar-refractivity contribution in [2.45, 2.75) is 25.7 Å². The second-order valence-electron chi connectivity index (χ2n) is 4.03. The predicted molar refractivity (Wildman–Crippen MR) is 73.1 cm³/mol. The fraction of sp³-hybridized carbons (Fsp3) is 0.818. The molecule has 0 aromatic carbocycles. The predicted octanol–water partition coefficient (Wildman–Crippen LogP) is 1.03. The summed E-state index contributed by atoms with van der Waals surface area (Å²) in [5.74, 6) is 0. The van der Waals surface area contributed by atoms with Gasteiger partial charge in [-0.3, -0.25) is 19.9 Å². The van der Waals surface area contributed by atoms with Crippen molar-refractivity contribution in [2.75, 3.05) is 33.7 Å². The van der Waals surface area contributed by atoms with Crippen LogP contribution in [0, 0.1) is 26.4 Å². The summed E-state index contributed by atoms with van der Waals surface area (Å²) < 4.78 is 0. The van der Waals surface area contributed by atoms with Crippen LogP contribution in [0.1, 0.15) is 25.7 Å². The van der Waals surface area contributed by atoms with Crippen molar-refractivity contribution in [3.05, 3.63) is 15.0 Å². The minimum absolute atomic E-state index is 0.412. The Balaban J connectivity index is 0. The van der Waals surface area contributed by atoms with Crippen molar-refractivity contribution in [3.63, 3.8) is 0 Å². The molecule has 114 valence electrons. The molecule has 0 atom stereocenters. The van der Waals surface area contributed by atoms with Gasteiger partial charge in [-0.15, -0.1) is 4.91 Å². The standard InChI is InChI=1S/C5H10N2O.C5H8N2O.CH3NO2/c8-6-7-4-2-1-3-5-7;1-7(5-8)4-2-3-6;1-2(3)4/h1-5H2;5H,2,4H2,1H3;1H3. The summed E-state index contributed by atoms with van der Waals surface area (Å²) in [6.07, 6.45) is 4.64. The van der Waals surface area contributed by atoms with Gasteiger partial charge in [0.05, 0.1) is 17.8 Å². The number of nitro groups is 1. The molecule has 0 spiro atoms. The summed E-state index contributed by atoms with van der Waals surface area (Å²) in [5.41, 5.74) is 0. The van der Waals surface area contributed by atoms with E-state index >= 15 is 0 Å². The van der Waals surface area contributed by atoms with Crippen LogP contribution in [-0.4, -0.2) is 55.0 Å². The molecule has 0 saturated carbocycles. The molecule has 1 aliphatic rings. The van der Waals surface area contributed by atoms with E-state index in [0.717, 1.165) is 33.0 Å². The third-order valence-electron chi connectivity index (χ3n) is 2.20. The molecule has 0 N–H and O–H groups in total. The van der Waals surface area contributed by atoms with E-state index in [4.69, 9.17) is 15.4 Å². The Kier molecular flexibility index (Phi) is 14.9. The molecule has 1 heterocycles. The van der Waals surface area contributed by atoms with Crippen molar-refractivity contribution in [1.29, 1.82) is 5.26 Å². The average Bonchev–Trinajstić information content (AvgIpc) is 2.45. The van der Waals surface area contributed by atoms with Crippen molar-refractivity contribution in [2.24, 2.45) is 5.29 Å². The number of nitriles is 1. The van der Waals surface area contributed by atoms with E-state index < -0.39 is 4.92 Å². The van der Waals surface area contributed by atoms with Crippen molar-refractivity contribution in [1.82, 2.24) is 9.91 Å². The molecule has 9 heteroatoms. The van der Waals surface area contributed by atoms with E-state index in [1.165, 1.54) is 11.3 Å². The first-order valence-electron chi connectivity index (χ1n) is 6.16. The first kappa shape index (κ1) is 20.1. The van der Waals surface area contributed by atoms with E-state index in [2.05, 4.69) is 5.29 Å². The molecule has 0 aromatic heterocycles. The lowest BCUT2D eigenvalue weighted by Gasteiger charge is -2.19. The number of carbonyl (C=O) groups is 1. The molecule has 0 unspecified atom stereocenters. The SMILES string of the molecule is CN(C=O)CCC#N.C[N+](=O)[O-].O=NN1CCCCC1. The van der Waals surface area contributed by atoms with Crippen molar-refractivity contribution < 1.29 is 9.72 Å². The van der Waals surface area contributed by atoms with Gasteiger partial charge in [0.2, 0.25) is 6.41 Å². The minimum Gasteiger partial charge on any atom is -0.347 e. The van der Waals surface area contributed by atoms with Gasteiger partial charge in [0.1, 0.15) is 0 Å². The van der Waals surface area contributed by atoms with Gasteiger partial charge < -0.3 is 4.90 Å². The Labute approximate surface area is 118 Å². The first-order valence-corrected chi connectivity index (χ1v) is 6.16. The van der Waals surface area contributed by atoms with Crippen LogP contribution in [0.2, 0.25) is 0 Å². The third kappa shape index (κ3) is 18.1. The number of amides is 1. The van der Waals surface area contributed by atoms with Gasteiger partial charge in [0.25, 0.3) is 0 Å². The zero-order chi connectivity index (χ0) is 15.8. The summed E-state index contributed by atoms with van der Waals surface area (Å²) >= 11 is 0. The number of nitrogens with zero attached hydrogens (tertiary/aromatic N) is 5. The van der Waals surface area contributed by atoms with Gasteiger partial charge in [-0.05, 0) is 19.3 Å². The van der Waals surface area contributed by atoms with Crippen LogP contribution >= 0.6 is 0 Å². The van der Waals surface area contributed by atoms with Gasteiger partial charge in [0.15, 0.2) is 7.05 Å². The topological polar surface area (TPSA) is 120 Å². The third-order valence-corrected chi connectivity index (χ3v) is 2.20. The highest BCUT2D eigenvalue weighted by Crippen LogP contribution is 2.07. The molecule has 1 saturated heterocycles. The van der Waals surface area contributed by atoms with Gasteiger partial charge in [-0.1, -0.05) is 0 Å². The Morgan fingerprint density at radius 1 is 1.45 bits per heavy atom. The van der Waals surface area contributed by atoms with Crippen LogP contribution in [0.15, 0.2) is 5.29 Å². The zero-order valence-electron chi connectivity index (χ0n) is 11.9. The minimum atomic E-state index is -0.500. The lowest BCUT2D eigenvalue weighted by Crippen LogP contribution is -2.23. The van der Waals surface area contributed by atoms with Crippen LogP contribution in [0.25, 0.3) is 0 Å². The highest BCUT2D eigenvalue weighted by atomic mass is 16.6. The fourth-order valence-electron chi connectivity index (χ4n) is 1.24. The number of carbonyl (C=O) groups excluding carboxylic acids is 1. The van der Waals surface area contributed by atoms with Crippen molar-refractivity contribution >= 4 is 6.41 Å². The number of hydrogen-bond donors (Lipinski definition) is 0. The Morgan fingerprint density at radius 2 is 1.95 bits per heavy atom. The molecule has 0 aromatic rings. The monoisotopic (exact) mass is 287 g/mol. The summed E-state index contributed by atoms with van der Waals surface area (Å²) in [7, 11) is 2.53. The van der Waals surface area contributed by atoms with E-state index in [-0.39, 0.29) is 0 Å². The highest BCUT2D eigenvalue weighted by Gasteiger charge is 2.06. The summed E-state index contributed by atoms with van der Waals surface area (Å²) in [6.45, 7) is 2.26. The number of piperidine rings is 1. The van der Waals surface area contributed by atoms with Crippen LogP contribution in [0.5, 0.6) is 0 Å². The molecule has 20 heavy (non-hydrogen) atoms. The van der Waals surface area contributed by atoms with Crippen LogP contribution in [0.3, 0.4) is 0 Å². The van der Waals surface area contributed by atoms with Crippen molar-refractivity contribution in [3.8, 4) is 6.07 Å². The molecule has 0 bridgehead atoms. The van der Waals surface area contributed by atoms with Gasteiger partial charge in [0, 0.05) is 31.6 Å². The second kappa shape index (κ2) is 14.8. The van der Waals surface area contributed by atoms with Crippen LogP contribution < -0.4 is 0 Å². The fourth-order valence-corrected chi connectivity index (χ4v) is 1.24. The molecule has 9 nitrogen and oxygen atoms in total. The highest BCUT2D eigenvalue weighted by molar-refractivity contribution is 5.46. The quantitative estimate of drug-likeness (QED) is 0.329. The molecule has 0 radical (unpaired) electrons. The lowest BCUT2D eigenvalue weighted by atomic mass is 10.2.